The number of hydrogen-bond donors (Lipinski definition) is 1. The van der Waals surface area contributed by atoms with Gasteiger partial charge in [0.25, 0.3) is 0 Å². The minimum atomic E-state index is 0.511. The Morgan fingerprint density at radius 1 is 1.25 bits per heavy atom. The summed E-state index contributed by atoms with van der Waals surface area (Å²) in [6.45, 7) is 2.08. The summed E-state index contributed by atoms with van der Waals surface area (Å²) >= 11 is 3.56. The van der Waals surface area contributed by atoms with Gasteiger partial charge in [-0.1, -0.05) is 28.1 Å². The fraction of sp³-hybridized carbons (Fsp3) is 0.647. The molecule has 0 bridgehead atoms. The van der Waals surface area contributed by atoms with Crippen LogP contribution in [0.25, 0.3) is 0 Å². The van der Waals surface area contributed by atoms with Crippen molar-refractivity contribution in [1.29, 1.82) is 0 Å². The number of benzene rings is 1. The lowest BCUT2D eigenvalue weighted by Gasteiger charge is -2.37. The summed E-state index contributed by atoms with van der Waals surface area (Å²) in [5.41, 5.74) is 1.48. The van der Waals surface area contributed by atoms with Gasteiger partial charge in [-0.15, -0.1) is 0 Å². The molecule has 1 atom stereocenters. The minimum Gasteiger partial charge on any atom is -0.378 e. The molecule has 1 saturated heterocycles. The Kier molecular flexibility index (Phi) is 5.14. The van der Waals surface area contributed by atoms with Gasteiger partial charge in [0.15, 0.2) is 0 Å². The number of ether oxygens (including phenoxy) is 1. The van der Waals surface area contributed by atoms with Crippen LogP contribution in [0.3, 0.4) is 0 Å². The third kappa shape index (κ3) is 3.84. The van der Waals surface area contributed by atoms with Gasteiger partial charge in [0.1, 0.15) is 0 Å². The summed E-state index contributed by atoms with van der Waals surface area (Å²) in [6.07, 6.45) is 8.10. The highest BCUT2D eigenvalue weighted by atomic mass is 79.9. The second-order valence-corrected chi connectivity index (χ2v) is 7.07. The van der Waals surface area contributed by atoms with E-state index in [1.165, 1.54) is 48.6 Å². The third-order valence-corrected chi connectivity index (χ3v) is 5.12. The molecule has 2 aliphatic rings. The van der Waals surface area contributed by atoms with Crippen molar-refractivity contribution in [2.45, 2.75) is 56.6 Å². The summed E-state index contributed by atoms with van der Waals surface area (Å²) in [7, 11) is 0. The maximum absolute atomic E-state index is 5.77. The average Bonchev–Trinajstić information content (AvgIpc) is 2.42. The van der Waals surface area contributed by atoms with Gasteiger partial charge in [0, 0.05) is 17.1 Å². The maximum Gasteiger partial charge on any atom is 0.0587 e. The smallest absolute Gasteiger partial charge is 0.0587 e. The van der Waals surface area contributed by atoms with E-state index in [1.54, 1.807) is 0 Å². The molecule has 0 radical (unpaired) electrons. The van der Waals surface area contributed by atoms with Crippen molar-refractivity contribution in [3.05, 3.63) is 34.3 Å². The molecule has 1 unspecified atom stereocenters. The van der Waals surface area contributed by atoms with Crippen LogP contribution in [0.5, 0.6) is 0 Å². The van der Waals surface area contributed by atoms with E-state index in [1.807, 2.05) is 0 Å². The molecule has 1 aromatic rings. The van der Waals surface area contributed by atoms with Gasteiger partial charge in [-0.3, -0.25) is 0 Å². The van der Waals surface area contributed by atoms with Crippen molar-refractivity contribution >= 4 is 15.9 Å². The summed E-state index contributed by atoms with van der Waals surface area (Å²) < 4.78 is 6.97. The van der Waals surface area contributed by atoms with Gasteiger partial charge < -0.3 is 10.1 Å². The van der Waals surface area contributed by atoms with Crippen LogP contribution in [-0.2, 0) is 4.74 Å². The second kappa shape index (κ2) is 7.06. The zero-order valence-electron chi connectivity index (χ0n) is 12.0. The van der Waals surface area contributed by atoms with E-state index in [0.29, 0.717) is 12.1 Å². The van der Waals surface area contributed by atoms with Crippen LogP contribution >= 0.6 is 15.9 Å². The van der Waals surface area contributed by atoms with E-state index >= 15 is 0 Å². The SMILES string of the molecule is Brc1cccc(C2CC(NCCC3CCCCO3)C2)c1. The van der Waals surface area contributed by atoms with E-state index in [0.717, 1.165) is 19.1 Å². The van der Waals surface area contributed by atoms with Gasteiger partial charge in [0.05, 0.1) is 6.10 Å². The van der Waals surface area contributed by atoms with Gasteiger partial charge in [-0.2, -0.15) is 0 Å². The van der Waals surface area contributed by atoms with Crippen LogP contribution in [0.1, 0.15) is 50.0 Å². The predicted molar refractivity (Wildman–Crippen MR) is 86.1 cm³/mol. The number of nitrogens with one attached hydrogen (secondary N) is 1. The zero-order chi connectivity index (χ0) is 13.8. The molecule has 3 rings (SSSR count). The van der Waals surface area contributed by atoms with Crippen LogP contribution in [-0.4, -0.2) is 25.3 Å². The summed E-state index contributed by atoms with van der Waals surface area (Å²) in [5, 5.41) is 3.69. The first-order valence-electron chi connectivity index (χ1n) is 7.92. The van der Waals surface area contributed by atoms with Crippen molar-refractivity contribution in [3.8, 4) is 0 Å². The van der Waals surface area contributed by atoms with E-state index in [4.69, 9.17) is 4.74 Å². The molecular formula is C17H24BrNO. The Bertz CT molecular complexity index is 425. The van der Waals surface area contributed by atoms with Gasteiger partial charge in [0.2, 0.25) is 0 Å². The van der Waals surface area contributed by atoms with Crippen LogP contribution in [0, 0.1) is 0 Å². The average molecular weight is 338 g/mol. The number of halogens is 1. The molecule has 110 valence electrons. The van der Waals surface area contributed by atoms with Crippen molar-refractivity contribution in [2.24, 2.45) is 0 Å². The van der Waals surface area contributed by atoms with Crippen LogP contribution in [0.2, 0.25) is 0 Å². The van der Waals surface area contributed by atoms with Crippen molar-refractivity contribution in [3.63, 3.8) is 0 Å². The molecule has 1 aliphatic heterocycles. The minimum absolute atomic E-state index is 0.511. The predicted octanol–water partition coefficient (Wildman–Crippen LogP) is 4.24. The molecule has 2 nitrogen and oxygen atoms in total. The first kappa shape index (κ1) is 14.6. The lowest BCUT2D eigenvalue weighted by Crippen LogP contribution is -2.41. The van der Waals surface area contributed by atoms with Crippen LogP contribution in [0.4, 0.5) is 0 Å². The molecule has 1 aliphatic carbocycles. The van der Waals surface area contributed by atoms with E-state index in [-0.39, 0.29) is 0 Å². The van der Waals surface area contributed by atoms with Gasteiger partial charge in [-0.05, 0) is 68.7 Å². The zero-order valence-corrected chi connectivity index (χ0v) is 13.6. The monoisotopic (exact) mass is 337 g/mol. The Morgan fingerprint density at radius 3 is 2.90 bits per heavy atom. The fourth-order valence-corrected chi connectivity index (χ4v) is 3.72. The fourth-order valence-electron chi connectivity index (χ4n) is 3.30. The van der Waals surface area contributed by atoms with Crippen LogP contribution in [0.15, 0.2) is 28.7 Å². The normalized spacial score (nSPS) is 29.9. The summed E-state index contributed by atoms with van der Waals surface area (Å²) in [4.78, 5) is 0. The van der Waals surface area contributed by atoms with Crippen molar-refractivity contribution in [1.82, 2.24) is 5.32 Å². The lowest BCUT2D eigenvalue weighted by atomic mass is 9.76. The lowest BCUT2D eigenvalue weighted by molar-refractivity contribution is 0.0107. The second-order valence-electron chi connectivity index (χ2n) is 6.15. The highest BCUT2D eigenvalue weighted by Gasteiger charge is 2.29. The van der Waals surface area contributed by atoms with Crippen molar-refractivity contribution in [2.75, 3.05) is 13.2 Å². The molecule has 0 amide bonds. The van der Waals surface area contributed by atoms with Gasteiger partial charge >= 0.3 is 0 Å². The number of hydrogen-bond acceptors (Lipinski definition) is 2. The Balaban J connectivity index is 1.34. The quantitative estimate of drug-likeness (QED) is 0.867. The molecule has 3 heteroatoms. The summed E-state index contributed by atoms with van der Waals surface area (Å²) in [6, 6.07) is 9.46. The standard InChI is InChI=1S/C17H24BrNO/c18-15-5-3-4-13(10-15)14-11-16(12-14)19-8-7-17-6-1-2-9-20-17/h3-5,10,14,16-17,19H,1-2,6-9,11-12H2. The van der Waals surface area contributed by atoms with Crippen molar-refractivity contribution < 1.29 is 4.74 Å². The van der Waals surface area contributed by atoms with Crippen LogP contribution < -0.4 is 5.32 Å². The Hall–Kier alpha value is -0.380. The third-order valence-electron chi connectivity index (χ3n) is 4.63. The van der Waals surface area contributed by atoms with E-state index in [2.05, 4.69) is 45.5 Å². The highest BCUT2D eigenvalue weighted by molar-refractivity contribution is 9.10. The first-order valence-corrected chi connectivity index (χ1v) is 8.71. The first-order chi connectivity index (χ1) is 9.81. The maximum atomic E-state index is 5.77. The van der Waals surface area contributed by atoms with E-state index < -0.39 is 0 Å². The van der Waals surface area contributed by atoms with E-state index in [9.17, 15) is 0 Å². The largest absolute Gasteiger partial charge is 0.378 e. The molecule has 1 saturated carbocycles. The molecule has 1 N–H and O–H groups in total. The Labute approximate surface area is 130 Å². The molecule has 0 aromatic heterocycles. The number of rotatable bonds is 5. The molecule has 1 heterocycles. The molecule has 1 aromatic carbocycles. The molecule has 0 spiro atoms. The molecular weight excluding hydrogens is 314 g/mol. The molecule has 20 heavy (non-hydrogen) atoms. The molecule has 2 fully saturated rings. The van der Waals surface area contributed by atoms with Gasteiger partial charge in [-0.25, -0.2) is 0 Å². The highest BCUT2D eigenvalue weighted by Crippen LogP contribution is 2.37. The topological polar surface area (TPSA) is 21.3 Å². The Morgan fingerprint density at radius 2 is 2.15 bits per heavy atom. The summed E-state index contributed by atoms with van der Waals surface area (Å²) in [5.74, 6) is 0.746.